The summed E-state index contributed by atoms with van der Waals surface area (Å²) < 4.78 is 11.2. The minimum Gasteiger partial charge on any atom is -0.369 e. The molecule has 0 spiro atoms. The lowest BCUT2D eigenvalue weighted by atomic mass is 9.77. The third kappa shape index (κ3) is 0.882. The molecule has 0 aromatic carbocycles. The third-order valence-electron chi connectivity index (χ3n) is 3.84. The highest BCUT2D eigenvalue weighted by Gasteiger charge is 2.61. The van der Waals surface area contributed by atoms with E-state index < -0.39 is 0 Å². The van der Waals surface area contributed by atoms with Crippen molar-refractivity contribution in [3.8, 4) is 0 Å². The molecule has 3 rings (SSSR count). The van der Waals surface area contributed by atoms with Crippen LogP contribution in [0.25, 0.3) is 0 Å². The predicted octanol–water partition coefficient (Wildman–Crippen LogP) is 1.59. The van der Waals surface area contributed by atoms with Crippen LogP contribution in [0.2, 0.25) is 0 Å². The van der Waals surface area contributed by atoms with Gasteiger partial charge in [0.1, 0.15) is 0 Å². The predicted molar refractivity (Wildman–Crippen MR) is 44.9 cm³/mol. The summed E-state index contributed by atoms with van der Waals surface area (Å²) in [5.41, 5.74) is 0.194. The molecule has 5 atom stereocenters. The fourth-order valence-electron chi connectivity index (χ4n) is 2.67. The second kappa shape index (κ2) is 2.05. The maximum Gasteiger partial charge on any atom is 0.0942 e. The van der Waals surface area contributed by atoms with E-state index in [4.69, 9.17) is 9.47 Å². The molecule has 3 aliphatic rings. The van der Waals surface area contributed by atoms with Crippen molar-refractivity contribution in [2.75, 3.05) is 6.61 Å². The van der Waals surface area contributed by atoms with Crippen LogP contribution < -0.4 is 0 Å². The summed E-state index contributed by atoms with van der Waals surface area (Å²) in [6.07, 6.45) is 3.75. The summed E-state index contributed by atoms with van der Waals surface area (Å²) >= 11 is 0. The van der Waals surface area contributed by atoms with Crippen molar-refractivity contribution in [1.82, 2.24) is 0 Å². The molecule has 2 aliphatic heterocycles. The second-order valence-electron chi connectivity index (χ2n) is 4.83. The van der Waals surface area contributed by atoms with Crippen LogP contribution in [-0.4, -0.2) is 24.4 Å². The monoisotopic (exact) mass is 168 g/mol. The highest BCUT2D eigenvalue weighted by atomic mass is 16.6. The first kappa shape index (κ1) is 7.34. The van der Waals surface area contributed by atoms with Crippen molar-refractivity contribution < 1.29 is 9.47 Å². The molecule has 2 heterocycles. The molecule has 0 aromatic heterocycles. The van der Waals surface area contributed by atoms with Crippen molar-refractivity contribution in [3.05, 3.63) is 0 Å². The van der Waals surface area contributed by atoms with Gasteiger partial charge in [0.25, 0.3) is 0 Å². The topological polar surface area (TPSA) is 25.1 Å². The van der Waals surface area contributed by atoms with Gasteiger partial charge in [-0.2, -0.15) is 0 Å². The second-order valence-corrected chi connectivity index (χ2v) is 4.83. The summed E-state index contributed by atoms with van der Waals surface area (Å²) in [6.45, 7) is 5.49. The van der Waals surface area contributed by atoms with Gasteiger partial charge < -0.3 is 9.47 Å². The van der Waals surface area contributed by atoms with Crippen LogP contribution in [0.1, 0.15) is 26.7 Å². The van der Waals surface area contributed by atoms with Gasteiger partial charge in [0.05, 0.1) is 24.4 Å². The van der Waals surface area contributed by atoms with Gasteiger partial charge in [-0.25, -0.2) is 0 Å². The maximum absolute atomic E-state index is 5.69. The van der Waals surface area contributed by atoms with Gasteiger partial charge in [-0.3, -0.25) is 0 Å². The smallest absolute Gasteiger partial charge is 0.0942 e. The number of ether oxygens (including phenoxy) is 2. The maximum atomic E-state index is 5.69. The largest absolute Gasteiger partial charge is 0.369 e. The number of fused-ring (bicyclic) bond motifs is 1. The third-order valence-corrected chi connectivity index (χ3v) is 3.84. The Balaban J connectivity index is 1.75. The lowest BCUT2D eigenvalue weighted by Gasteiger charge is -2.24. The molecular weight excluding hydrogens is 152 g/mol. The van der Waals surface area contributed by atoms with E-state index in [1.807, 2.05) is 0 Å². The summed E-state index contributed by atoms with van der Waals surface area (Å²) in [6, 6.07) is 0. The lowest BCUT2D eigenvalue weighted by Crippen LogP contribution is -2.32. The highest BCUT2D eigenvalue weighted by Crippen LogP contribution is 2.52. The zero-order chi connectivity index (χ0) is 8.34. The molecule has 2 saturated heterocycles. The summed E-state index contributed by atoms with van der Waals surface area (Å²) in [4.78, 5) is 0. The summed E-state index contributed by atoms with van der Waals surface area (Å²) in [5, 5.41) is 0. The number of hydrogen-bond donors (Lipinski definition) is 0. The zero-order valence-electron chi connectivity index (χ0n) is 7.75. The van der Waals surface area contributed by atoms with Gasteiger partial charge in [-0.05, 0) is 25.7 Å². The van der Waals surface area contributed by atoms with Crippen molar-refractivity contribution in [1.29, 1.82) is 0 Å². The molecule has 12 heavy (non-hydrogen) atoms. The average Bonchev–Trinajstić information content (AvgIpc) is 2.85. The van der Waals surface area contributed by atoms with Crippen LogP contribution in [0.4, 0.5) is 0 Å². The van der Waals surface area contributed by atoms with Crippen LogP contribution in [0.15, 0.2) is 0 Å². The number of rotatable bonds is 1. The average molecular weight is 168 g/mol. The molecule has 1 aliphatic carbocycles. The van der Waals surface area contributed by atoms with E-state index in [2.05, 4.69) is 13.8 Å². The van der Waals surface area contributed by atoms with Gasteiger partial charge in [-0.1, -0.05) is 6.92 Å². The Bertz CT molecular complexity index is 210. The lowest BCUT2D eigenvalue weighted by molar-refractivity contribution is 0.178. The fourth-order valence-corrected chi connectivity index (χ4v) is 2.67. The minimum absolute atomic E-state index is 0.194. The van der Waals surface area contributed by atoms with Gasteiger partial charge in [0.15, 0.2) is 0 Å². The first-order chi connectivity index (χ1) is 5.71. The molecule has 1 saturated carbocycles. The number of hydrogen-bond acceptors (Lipinski definition) is 2. The van der Waals surface area contributed by atoms with E-state index in [9.17, 15) is 0 Å². The molecule has 0 aromatic rings. The highest BCUT2D eigenvalue weighted by molar-refractivity contribution is 5.08. The van der Waals surface area contributed by atoms with E-state index in [1.165, 1.54) is 12.8 Å². The normalized spacial score (nSPS) is 62.5. The molecule has 2 nitrogen and oxygen atoms in total. The Morgan fingerprint density at radius 2 is 2.00 bits per heavy atom. The van der Waals surface area contributed by atoms with Crippen LogP contribution in [0, 0.1) is 11.8 Å². The van der Waals surface area contributed by atoms with E-state index in [-0.39, 0.29) is 5.60 Å². The Kier molecular flexibility index (Phi) is 1.25. The van der Waals surface area contributed by atoms with Crippen molar-refractivity contribution in [2.45, 2.75) is 44.5 Å². The molecular formula is C10H16O2. The van der Waals surface area contributed by atoms with Crippen molar-refractivity contribution in [2.24, 2.45) is 11.8 Å². The van der Waals surface area contributed by atoms with Gasteiger partial charge in [0.2, 0.25) is 0 Å². The molecule has 0 bridgehead atoms. The van der Waals surface area contributed by atoms with Gasteiger partial charge in [-0.15, -0.1) is 0 Å². The first-order valence-electron chi connectivity index (χ1n) is 5.00. The minimum atomic E-state index is 0.194. The van der Waals surface area contributed by atoms with Crippen molar-refractivity contribution in [3.63, 3.8) is 0 Å². The van der Waals surface area contributed by atoms with Gasteiger partial charge >= 0.3 is 0 Å². The Labute approximate surface area is 73.2 Å². The van der Waals surface area contributed by atoms with Crippen molar-refractivity contribution >= 4 is 0 Å². The molecule has 0 amide bonds. The first-order valence-corrected chi connectivity index (χ1v) is 5.00. The molecule has 68 valence electrons. The van der Waals surface area contributed by atoms with E-state index in [0.717, 1.165) is 12.5 Å². The molecule has 2 heteroatoms. The molecule has 0 N–H and O–H groups in total. The molecule has 5 unspecified atom stereocenters. The Hall–Kier alpha value is -0.0800. The standard InChI is InChI=1S/C10H16O2/c1-6-3-4-7(9-8(6)12-9)10(2)5-11-10/h6-9H,3-5H2,1-2H3. The van der Waals surface area contributed by atoms with Crippen LogP contribution in [0.5, 0.6) is 0 Å². The van der Waals surface area contributed by atoms with E-state index in [1.54, 1.807) is 0 Å². The SMILES string of the molecule is CC1CCC(C2(C)CO2)C2OC12. The summed E-state index contributed by atoms with van der Waals surface area (Å²) in [5.74, 6) is 1.48. The summed E-state index contributed by atoms with van der Waals surface area (Å²) in [7, 11) is 0. The molecule has 3 fully saturated rings. The van der Waals surface area contributed by atoms with Crippen LogP contribution in [-0.2, 0) is 9.47 Å². The van der Waals surface area contributed by atoms with Crippen LogP contribution in [0.3, 0.4) is 0 Å². The fraction of sp³-hybridized carbons (Fsp3) is 1.00. The Morgan fingerprint density at radius 1 is 1.25 bits per heavy atom. The van der Waals surface area contributed by atoms with Gasteiger partial charge in [0, 0.05) is 5.92 Å². The van der Waals surface area contributed by atoms with Crippen LogP contribution >= 0.6 is 0 Å². The molecule has 0 radical (unpaired) electrons. The van der Waals surface area contributed by atoms with E-state index >= 15 is 0 Å². The number of epoxide rings is 2. The quantitative estimate of drug-likeness (QED) is 0.555. The zero-order valence-corrected chi connectivity index (χ0v) is 7.75. The van der Waals surface area contributed by atoms with E-state index in [0.29, 0.717) is 18.1 Å². The Morgan fingerprint density at radius 3 is 2.67 bits per heavy atom.